The number of likely N-dealkylation sites (tertiary alicyclic amines) is 1. The lowest BCUT2D eigenvalue weighted by molar-refractivity contribution is -0.116. The van der Waals surface area contributed by atoms with E-state index >= 15 is 0 Å². The Bertz CT molecular complexity index is 1400. The van der Waals surface area contributed by atoms with Gasteiger partial charge in [0.05, 0.1) is 17.5 Å². The zero-order valence-electron chi connectivity index (χ0n) is 19.8. The highest BCUT2D eigenvalue weighted by Crippen LogP contribution is 2.38. The first-order valence-electron chi connectivity index (χ1n) is 12.7. The van der Waals surface area contributed by atoms with E-state index in [1.807, 2.05) is 0 Å². The van der Waals surface area contributed by atoms with Crippen LogP contribution in [0.2, 0.25) is 0 Å². The maximum atomic E-state index is 13.8. The number of thiophene rings is 2. The van der Waals surface area contributed by atoms with Crippen molar-refractivity contribution in [3.8, 4) is 6.07 Å². The summed E-state index contributed by atoms with van der Waals surface area (Å²) in [5, 5.41) is 14.1. The molecular formula is C26H29N5O2S2. The van der Waals surface area contributed by atoms with Gasteiger partial charge in [0.2, 0.25) is 5.91 Å². The van der Waals surface area contributed by atoms with Crippen molar-refractivity contribution in [3.63, 3.8) is 0 Å². The summed E-state index contributed by atoms with van der Waals surface area (Å²) in [6, 6.07) is 2.31. The van der Waals surface area contributed by atoms with E-state index in [-0.39, 0.29) is 18.0 Å². The van der Waals surface area contributed by atoms with Crippen molar-refractivity contribution in [2.24, 2.45) is 0 Å². The quantitative estimate of drug-likeness (QED) is 0.553. The second-order valence-electron chi connectivity index (χ2n) is 9.87. The Labute approximate surface area is 212 Å². The summed E-state index contributed by atoms with van der Waals surface area (Å²) in [5.74, 6) is 0.402. The lowest BCUT2D eigenvalue weighted by Crippen LogP contribution is -2.33. The van der Waals surface area contributed by atoms with Crippen LogP contribution in [-0.4, -0.2) is 33.4 Å². The molecule has 6 rings (SSSR count). The number of hydrogen-bond acceptors (Lipinski definition) is 7. The lowest BCUT2D eigenvalue weighted by Gasteiger charge is -2.18. The van der Waals surface area contributed by atoms with Crippen LogP contribution in [0, 0.1) is 11.3 Å². The normalized spacial score (nSPS) is 17.8. The molecule has 0 radical (unpaired) electrons. The number of anilines is 1. The minimum atomic E-state index is -0.268. The van der Waals surface area contributed by atoms with Gasteiger partial charge in [-0.15, -0.1) is 22.7 Å². The fourth-order valence-corrected chi connectivity index (χ4v) is 8.31. The van der Waals surface area contributed by atoms with Crippen LogP contribution in [0.5, 0.6) is 0 Å². The van der Waals surface area contributed by atoms with Crippen LogP contribution in [0.15, 0.2) is 4.79 Å². The van der Waals surface area contributed by atoms with Gasteiger partial charge < -0.3 is 5.32 Å². The smallest absolute Gasteiger partial charge is 0.263 e. The summed E-state index contributed by atoms with van der Waals surface area (Å²) in [4.78, 5) is 37.7. The highest BCUT2D eigenvalue weighted by molar-refractivity contribution is 7.18. The average Bonchev–Trinajstić information content (AvgIpc) is 3.58. The number of amides is 1. The molecule has 3 aromatic rings. The molecule has 35 heavy (non-hydrogen) atoms. The van der Waals surface area contributed by atoms with Gasteiger partial charge in [0.25, 0.3) is 5.56 Å². The Hall–Kier alpha value is -2.54. The molecule has 0 unspecified atom stereocenters. The fraction of sp³-hybridized carbons (Fsp3) is 0.538. The average molecular weight is 508 g/mol. The number of hydrogen-bond donors (Lipinski definition) is 1. The minimum absolute atomic E-state index is 0.0804. The maximum Gasteiger partial charge on any atom is 0.263 e. The van der Waals surface area contributed by atoms with E-state index in [9.17, 15) is 14.9 Å². The third-order valence-electron chi connectivity index (χ3n) is 7.56. The van der Waals surface area contributed by atoms with Crippen molar-refractivity contribution in [2.75, 3.05) is 18.4 Å². The van der Waals surface area contributed by atoms with Crippen LogP contribution in [0.25, 0.3) is 10.2 Å². The second kappa shape index (κ2) is 9.49. The molecule has 1 amide bonds. The zero-order valence-corrected chi connectivity index (χ0v) is 21.5. The standard InChI is InChI=1S/C26H29N5O2S2/c27-13-18-16-7-1-3-9-19(16)34-24(18)29-22(32)15-31-21(14-30-11-5-6-12-30)28-25-23(26(31)33)17-8-2-4-10-20(17)35-25/h1-12,14-15H2,(H,29,32). The lowest BCUT2D eigenvalue weighted by atomic mass is 9.96. The first-order chi connectivity index (χ1) is 17.1. The molecule has 0 aromatic carbocycles. The van der Waals surface area contributed by atoms with Crippen molar-refractivity contribution in [3.05, 3.63) is 42.6 Å². The third-order valence-corrected chi connectivity index (χ3v) is 9.95. The number of nitriles is 1. The van der Waals surface area contributed by atoms with Gasteiger partial charge in [-0.25, -0.2) is 4.98 Å². The van der Waals surface area contributed by atoms with Crippen LogP contribution in [0.3, 0.4) is 0 Å². The number of nitrogens with one attached hydrogen (secondary N) is 1. The number of rotatable bonds is 5. The van der Waals surface area contributed by atoms with Crippen molar-refractivity contribution in [2.45, 2.75) is 77.3 Å². The molecule has 1 saturated heterocycles. The van der Waals surface area contributed by atoms with E-state index in [0.29, 0.717) is 28.3 Å². The van der Waals surface area contributed by atoms with Crippen LogP contribution < -0.4 is 10.9 Å². The van der Waals surface area contributed by atoms with Gasteiger partial charge in [-0.3, -0.25) is 19.1 Å². The molecular weight excluding hydrogens is 478 g/mol. The summed E-state index contributed by atoms with van der Waals surface area (Å²) in [5.41, 5.74) is 2.75. The van der Waals surface area contributed by atoms with Gasteiger partial charge >= 0.3 is 0 Å². The monoisotopic (exact) mass is 507 g/mol. The molecule has 2 aliphatic carbocycles. The van der Waals surface area contributed by atoms with Crippen molar-refractivity contribution < 1.29 is 4.79 Å². The minimum Gasteiger partial charge on any atom is -0.315 e. The van der Waals surface area contributed by atoms with Crippen molar-refractivity contribution in [1.82, 2.24) is 14.5 Å². The zero-order chi connectivity index (χ0) is 23.9. The predicted molar refractivity (Wildman–Crippen MR) is 139 cm³/mol. The molecule has 4 heterocycles. The summed E-state index contributed by atoms with van der Waals surface area (Å²) >= 11 is 3.18. The Morgan fingerprint density at radius 1 is 0.971 bits per heavy atom. The number of carbonyl (C=O) groups excluding carboxylic acids is 1. The summed E-state index contributed by atoms with van der Waals surface area (Å²) in [6.07, 6.45) is 10.5. The first-order valence-corrected chi connectivity index (χ1v) is 14.4. The maximum absolute atomic E-state index is 13.8. The van der Waals surface area contributed by atoms with E-state index in [2.05, 4.69) is 16.3 Å². The Kier molecular flexibility index (Phi) is 6.21. The van der Waals surface area contributed by atoms with Crippen LogP contribution in [-0.2, 0) is 43.6 Å². The number of fused-ring (bicyclic) bond motifs is 4. The molecule has 7 nitrogen and oxygen atoms in total. The van der Waals surface area contributed by atoms with Crippen LogP contribution in [0.4, 0.5) is 5.00 Å². The topological polar surface area (TPSA) is 91.0 Å². The van der Waals surface area contributed by atoms with Gasteiger partial charge in [0, 0.05) is 9.75 Å². The van der Waals surface area contributed by atoms with Gasteiger partial charge in [-0.1, -0.05) is 0 Å². The summed E-state index contributed by atoms with van der Waals surface area (Å²) < 4.78 is 1.59. The number of aryl methyl sites for hydroxylation is 3. The molecule has 0 bridgehead atoms. The first kappa shape index (κ1) is 22.9. The van der Waals surface area contributed by atoms with E-state index < -0.39 is 0 Å². The van der Waals surface area contributed by atoms with E-state index in [0.717, 1.165) is 93.3 Å². The molecule has 3 aliphatic rings. The largest absolute Gasteiger partial charge is 0.315 e. The van der Waals surface area contributed by atoms with Crippen molar-refractivity contribution >= 4 is 43.8 Å². The number of nitrogens with zero attached hydrogens (tertiary/aromatic N) is 4. The Morgan fingerprint density at radius 3 is 2.40 bits per heavy atom. The highest BCUT2D eigenvalue weighted by atomic mass is 32.1. The molecule has 182 valence electrons. The van der Waals surface area contributed by atoms with Crippen LogP contribution in [0.1, 0.15) is 70.8 Å². The molecule has 0 saturated carbocycles. The Balaban J connectivity index is 1.35. The molecule has 0 atom stereocenters. The van der Waals surface area contributed by atoms with Gasteiger partial charge in [-0.05, 0) is 88.4 Å². The molecule has 1 fully saturated rings. The van der Waals surface area contributed by atoms with E-state index in [4.69, 9.17) is 4.98 Å². The van der Waals surface area contributed by atoms with Gasteiger partial charge in [0.1, 0.15) is 28.3 Å². The molecule has 9 heteroatoms. The second-order valence-corrected chi connectivity index (χ2v) is 12.1. The molecule has 1 aliphatic heterocycles. The predicted octanol–water partition coefficient (Wildman–Crippen LogP) is 4.38. The Morgan fingerprint density at radius 2 is 1.66 bits per heavy atom. The van der Waals surface area contributed by atoms with E-state index in [1.54, 1.807) is 15.9 Å². The SMILES string of the molecule is N#Cc1c(NC(=O)Cn2c(CN3CCCC3)nc3sc4c(c3c2=O)CCCC4)sc2c1CCCC2. The van der Waals surface area contributed by atoms with Crippen LogP contribution >= 0.6 is 22.7 Å². The molecule has 1 N–H and O–H groups in total. The van der Waals surface area contributed by atoms with E-state index in [1.165, 1.54) is 21.1 Å². The fourth-order valence-electron chi connectivity index (χ4n) is 5.79. The summed E-state index contributed by atoms with van der Waals surface area (Å²) in [6.45, 7) is 2.49. The summed E-state index contributed by atoms with van der Waals surface area (Å²) in [7, 11) is 0. The molecule has 0 spiro atoms. The number of carbonyl (C=O) groups is 1. The number of aromatic nitrogens is 2. The third kappa shape index (κ3) is 4.22. The highest BCUT2D eigenvalue weighted by Gasteiger charge is 2.26. The molecule has 3 aromatic heterocycles. The van der Waals surface area contributed by atoms with Crippen molar-refractivity contribution in [1.29, 1.82) is 5.26 Å². The van der Waals surface area contributed by atoms with Gasteiger partial charge in [0.15, 0.2) is 0 Å². The van der Waals surface area contributed by atoms with Gasteiger partial charge in [-0.2, -0.15) is 5.26 Å².